The molecule has 0 aliphatic heterocycles. The number of amides is 2. The number of nitrogens with zero attached hydrogens (tertiary/aromatic N) is 1. The Hall–Kier alpha value is -2.76. The van der Waals surface area contributed by atoms with Gasteiger partial charge in [0.15, 0.2) is 5.76 Å². The third-order valence-electron chi connectivity index (χ3n) is 6.59. The number of rotatable bonds is 7. The molecule has 0 spiro atoms. The van der Waals surface area contributed by atoms with Gasteiger partial charge in [-0.05, 0) is 55.5 Å². The predicted molar refractivity (Wildman–Crippen MR) is 118 cm³/mol. The largest absolute Gasteiger partial charge is 0.497 e. The first-order valence-electron chi connectivity index (χ1n) is 11.5. The normalized spacial score (nSPS) is 18.5. The van der Waals surface area contributed by atoms with Crippen LogP contribution in [-0.4, -0.2) is 35.9 Å². The first kappa shape index (κ1) is 21.5. The highest BCUT2D eigenvalue weighted by Gasteiger charge is 2.39. The van der Waals surface area contributed by atoms with Gasteiger partial charge in [-0.3, -0.25) is 9.59 Å². The maximum absolute atomic E-state index is 13.6. The first-order valence-corrected chi connectivity index (χ1v) is 11.5. The number of hydrogen-bond donors (Lipinski definition) is 1. The molecule has 4 rings (SSSR count). The van der Waals surface area contributed by atoms with Gasteiger partial charge in [0.1, 0.15) is 11.8 Å². The van der Waals surface area contributed by atoms with E-state index in [0.29, 0.717) is 0 Å². The molecule has 6 nitrogen and oxygen atoms in total. The van der Waals surface area contributed by atoms with Crippen LogP contribution in [0.1, 0.15) is 79.9 Å². The number of carbonyl (C=O) groups is 2. The van der Waals surface area contributed by atoms with E-state index in [0.717, 1.165) is 62.7 Å². The Bertz CT molecular complexity index is 850. The fourth-order valence-electron chi connectivity index (χ4n) is 4.96. The molecule has 1 unspecified atom stereocenters. The minimum absolute atomic E-state index is 0.00720. The van der Waals surface area contributed by atoms with Gasteiger partial charge >= 0.3 is 0 Å². The Labute approximate surface area is 183 Å². The zero-order chi connectivity index (χ0) is 21.6. The quantitative estimate of drug-likeness (QED) is 0.689. The van der Waals surface area contributed by atoms with Crippen molar-refractivity contribution >= 4 is 11.8 Å². The van der Waals surface area contributed by atoms with Crippen molar-refractivity contribution in [3.05, 3.63) is 54.0 Å². The Balaban J connectivity index is 1.71. The van der Waals surface area contributed by atoms with Crippen LogP contribution in [0.25, 0.3) is 0 Å². The Morgan fingerprint density at radius 3 is 2.29 bits per heavy atom. The van der Waals surface area contributed by atoms with Crippen molar-refractivity contribution in [2.45, 2.75) is 75.9 Å². The van der Waals surface area contributed by atoms with E-state index in [1.54, 1.807) is 24.1 Å². The highest BCUT2D eigenvalue weighted by atomic mass is 16.5. The molecule has 2 amide bonds. The van der Waals surface area contributed by atoms with Crippen molar-refractivity contribution in [1.29, 1.82) is 0 Å². The van der Waals surface area contributed by atoms with Crippen LogP contribution in [0.15, 0.2) is 47.1 Å². The number of methoxy groups -OCH3 is 1. The zero-order valence-electron chi connectivity index (χ0n) is 18.2. The second-order valence-corrected chi connectivity index (χ2v) is 8.65. The molecule has 0 bridgehead atoms. The number of nitrogens with one attached hydrogen (secondary N) is 1. The number of ether oxygens (including phenoxy) is 1. The first-order chi connectivity index (χ1) is 15.2. The number of carbonyl (C=O) groups excluding carboxylic acids is 2. The second-order valence-electron chi connectivity index (χ2n) is 8.65. The summed E-state index contributed by atoms with van der Waals surface area (Å²) in [7, 11) is 1.62. The van der Waals surface area contributed by atoms with Crippen molar-refractivity contribution in [2.24, 2.45) is 0 Å². The third-order valence-corrected chi connectivity index (χ3v) is 6.59. The molecule has 2 aliphatic carbocycles. The van der Waals surface area contributed by atoms with Gasteiger partial charge < -0.3 is 19.4 Å². The van der Waals surface area contributed by atoms with Crippen molar-refractivity contribution in [3.8, 4) is 5.75 Å². The van der Waals surface area contributed by atoms with Gasteiger partial charge in [0, 0.05) is 12.1 Å². The SMILES string of the molecule is COc1ccc(C(C(=O)NC2CCCC2)N(C(=O)c2ccco2)C2CCCCC2)cc1. The van der Waals surface area contributed by atoms with Gasteiger partial charge in [-0.2, -0.15) is 0 Å². The molecule has 2 saturated carbocycles. The molecule has 6 heteroatoms. The maximum atomic E-state index is 13.6. The van der Waals surface area contributed by atoms with Crippen LogP contribution in [0.3, 0.4) is 0 Å². The predicted octanol–water partition coefficient (Wildman–Crippen LogP) is 4.86. The van der Waals surface area contributed by atoms with Crippen LogP contribution in [0.4, 0.5) is 0 Å². The van der Waals surface area contributed by atoms with Crippen molar-refractivity contribution in [3.63, 3.8) is 0 Å². The van der Waals surface area contributed by atoms with E-state index >= 15 is 0 Å². The monoisotopic (exact) mass is 424 g/mol. The standard InChI is InChI=1S/C25H32N2O4/c1-30-21-15-13-18(14-16-21)23(24(28)26-19-8-5-6-9-19)27(20-10-3-2-4-11-20)25(29)22-12-7-17-31-22/h7,12-17,19-20,23H,2-6,8-11H2,1H3,(H,26,28). The van der Waals surface area contributed by atoms with Crippen LogP contribution in [0.5, 0.6) is 5.75 Å². The fraction of sp³-hybridized carbons (Fsp3) is 0.520. The molecule has 0 saturated heterocycles. The van der Waals surface area contributed by atoms with Gasteiger partial charge in [-0.25, -0.2) is 0 Å². The van der Waals surface area contributed by atoms with Gasteiger partial charge in [-0.1, -0.05) is 44.2 Å². The fourth-order valence-corrected chi connectivity index (χ4v) is 4.96. The van der Waals surface area contributed by atoms with Crippen LogP contribution >= 0.6 is 0 Å². The molecule has 0 radical (unpaired) electrons. The lowest BCUT2D eigenvalue weighted by molar-refractivity contribution is -0.127. The number of furan rings is 1. The summed E-state index contributed by atoms with van der Waals surface area (Å²) in [6.07, 6.45) is 10.9. The molecule has 1 aromatic heterocycles. The summed E-state index contributed by atoms with van der Waals surface area (Å²) in [5.74, 6) is 0.667. The highest BCUT2D eigenvalue weighted by molar-refractivity contribution is 5.96. The summed E-state index contributed by atoms with van der Waals surface area (Å²) in [6, 6.07) is 10.4. The summed E-state index contributed by atoms with van der Waals surface area (Å²) >= 11 is 0. The van der Waals surface area contributed by atoms with E-state index in [1.165, 1.54) is 12.7 Å². The highest BCUT2D eigenvalue weighted by Crippen LogP contribution is 2.33. The number of benzene rings is 1. The summed E-state index contributed by atoms with van der Waals surface area (Å²) < 4.78 is 10.8. The maximum Gasteiger partial charge on any atom is 0.290 e. The number of hydrogen-bond acceptors (Lipinski definition) is 4. The molecule has 166 valence electrons. The topological polar surface area (TPSA) is 71.8 Å². The van der Waals surface area contributed by atoms with Crippen molar-refractivity contribution in [1.82, 2.24) is 10.2 Å². The van der Waals surface area contributed by atoms with E-state index in [9.17, 15) is 9.59 Å². The lowest BCUT2D eigenvalue weighted by Crippen LogP contribution is -2.50. The third kappa shape index (κ3) is 4.94. The summed E-state index contributed by atoms with van der Waals surface area (Å²) in [5, 5.41) is 3.23. The molecule has 1 aromatic carbocycles. The van der Waals surface area contributed by atoms with Gasteiger partial charge in [0.2, 0.25) is 5.91 Å². The Kier molecular flexibility index (Phi) is 6.95. The van der Waals surface area contributed by atoms with Gasteiger partial charge in [0.25, 0.3) is 5.91 Å². The van der Waals surface area contributed by atoms with E-state index < -0.39 is 6.04 Å². The van der Waals surface area contributed by atoms with Crippen LogP contribution in [-0.2, 0) is 4.79 Å². The molecule has 2 fully saturated rings. The Morgan fingerprint density at radius 2 is 1.68 bits per heavy atom. The minimum atomic E-state index is -0.702. The average molecular weight is 425 g/mol. The molecular formula is C25H32N2O4. The lowest BCUT2D eigenvalue weighted by Gasteiger charge is -2.39. The second kappa shape index (κ2) is 10.0. The van der Waals surface area contributed by atoms with Gasteiger partial charge in [-0.15, -0.1) is 0 Å². The molecule has 1 N–H and O–H groups in total. The molecule has 2 aliphatic rings. The Morgan fingerprint density at radius 1 is 1.00 bits per heavy atom. The van der Waals surface area contributed by atoms with Gasteiger partial charge in [0.05, 0.1) is 13.4 Å². The van der Waals surface area contributed by atoms with Crippen LogP contribution in [0.2, 0.25) is 0 Å². The molecule has 1 heterocycles. The van der Waals surface area contributed by atoms with Crippen LogP contribution < -0.4 is 10.1 Å². The van der Waals surface area contributed by atoms with Crippen molar-refractivity contribution in [2.75, 3.05) is 7.11 Å². The van der Waals surface area contributed by atoms with E-state index in [2.05, 4.69) is 5.32 Å². The minimum Gasteiger partial charge on any atom is -0.497 e. The lowest BCUT2D eigenvalue weighted by atomic mass is 9.91. The molecular weight excluding hydrogens is 392 g/mol. The van der Waals surface area contributed by atoms with E-state index in [1.807, 2.05) is 24.3 Å². The summed E-state index contributed by atoms with van der Waals surface area (Å²) in [4.78, 5) is 29.0. The summed E-state index contributed by atoms with van der Waals surface area (Å²) in [5.41, 5.74) is 0.793. The molecule has 31 heavy (non-hydrogen) atoms. The molecule has 1 atom stereocenters. The average Bonchev–Trinajstić information content (AvgIpc) is 3.52. The molecule has 2 aromatic rings. The van der Waals surface area contributed by atoms with Crippen LogP contribution in [0, 0.1) is 0 Å². The summed E-state index contributed by atoms with van der Waals surface area (Å²) in [6.45, 7) is 0. The zero-order valence-corrected chi connectivity index (χ0v) is 18.2. The van der Waals surface area contributed by atoms with E-state index in [4.69, 9.17) is 9.15 Å². The van der Waals surface area contributed by atoms with E-state index in [-0.39, 0.29) is 29.7 Å². The van der Waals surface area contributed by atoms with Crippen molar-refractivity contribution < 1.29 is 18.7 Å². The smallest absolute Gasteiger partial charge is 0.290 e.